The van der Waals surface area contributed by atoms with Crippen LogP contribution in [-0.4, -0.2) is 63.1 Å². The summed E-state index contributed by atoms with van der Waals surface area (Å²) in [5, 5.41) is 33.8. The van der Waals surface area contributed by atoms with Crippen LogP contribution in [0.5, 0.6) is 0 Å². The second-order valence-corrected chi connectivity index (χ2v) is 6.42. The van der Waals surface area contributed by atoms with Gasteiger partial charge in [0.2, 0.25) is 0 Å². The number of hydrogen-bond donors (Lipinski definition) is 4. The van der Waals surface area contributed by atoms with E-state index < -0.39 is 18.2 Å². The zero-order chi connectivity index (χ0) is 17.8. The second kappa shape index (κ2) is 7.93. The van der Waals surface area contributed by atoms with Crippen LogP contribution >= 0.6 is 0 Å². The van der Waals surface area contributed by atoms with Gasteiger partial charge in [-0.25, -0.2) is 4.98 Å². The van der Waals surface area contributed by atoms with Crippen LogP contribution in [0.15, 0.2) is 48.7 Å². The maximum atomic E-state index is 10.6. The lowest BCUT2D eigenvalue weighted by Gasteiger charge is -2.30. The lowest BCUT2D eigenvalue weighted by molar-refractivity contribution is 0.0178. The first-order chi connectivity index (χ1) is 12.2. The molecule has 2 aromatic rings. The highest BCUT2D eigenvalue weighted by molar-refractivity contribution is 5.43. The minimum Gasteiger partial charge on any atom is -0.395 e. The Kier molecular flexibility index (Phi) is 5.65. The number of aliphatic hydroxyl groups is 3. The second-order valence-electron chi connectivity index (χ2n) is 6.42. The summed E-state index contributed by atoms with van der Waals surface area (Å²) in [5.74, 6) is 0.758. The molecule has 25 heavy (non-hydrogen) atoms. The summed E-state index contributed by atoms with van der Waals surface area (Å²) in [4.78, 5) is 6.30. The van der Waals surface area contributed by atoms with E-state index in [4.69, 9.17) is 0 Å². The van der Waals surface area contributed by atoms with Crippen LogP contribution in [0.3, 0.4) is 0 Å². The van der Waals surface area contributed by atoms with Crippen molar-refractivity contribution in [1.29, 1.82) is 0 Å². The van der Waals surface area contributed by atoms with Gasteiger partial charge < -0.3 is 20.6 Å². The minimum atomic E-state index is -0.978. The lowest BCUT2D eigenvalue weighted by atomic mass is 10.0. The number of aromatic nitrogens is 1. The first-order valence-corrected chi connectivity index (χ1v) is 8.54. The number of benzene rings is 1. The molecule has 6 nitrogen and oxygen atoms in total. The number of likely N-dealkylation sites (tertiary alicyclic amines) is 1. The summed E-state index contributed by atoms with van der Waals surface area (Å²) in [7, 11) is 1.81. The number of pyridine rings is 1. The zero-order valence-electron chi connectivity index (χ0n) is 14.3. The Balaban J connectivity index is 1.88. The molecule has 1 fully saturated rings. The third-order valence-corrected chi connectivity index (χ3v) is 4.95. The van der Waals surface area contributed by atoms with E-state index in [1.807, 2.05) is 54.4 Å². The molecule has 134 valence electrons. The van der Waals surface area contributed by atoms with Gasteiger partial charge in [-0.1, -0.05) is 36.4 Å². The normalized spacial score (nSPS) is 26.7. The van der Waals surface area contributed by atoms with E-state index in [-0.39, 0.29) is 12.6 Å². The van der Waals surface area contributed by atoms with Gasteiger partial charge in [-0.3, -0.25) is 4.90 Å². The van der Waals surface area contributed by atoms with Crippen molar-refractivity contribution < 1.29 is 15.3 Å². The van der Waals surface area contributed by atoms with E-state index in [2.05, 4.69) is 10.3 Å². The van der Waals surface area contributed by atoms with Crippen LogP contribution in [0.4, 0.5) is 5.82 Å². The number of aliphatic hydroxyl groups excluding tert-OH is 3. The maximum Gasteiger partial charge on any atom is 0.130 e. The molecule has 2 heterocycles. The minimum absolute atomic E-state index is 0.210. The molecule has 0 bridgehead atoms. The van der Waals surface area contributed by atoms with Crippen molar-refractivity contribution in [2.24, 2.45) is 0 Å². The molecular formula is C19H25N3O3. The predicted molar refractivity (Wildman–Crippen MR) is 96.1 cm³/mol. The van der Waals surface area contributed by atoms with Crippen LogP contribution < -0.4 is 5.32 Å². The smallest absolute Gasteiger partial charge is 0.130 e. The summed E-state index contributed by atoms with van der Waals surface area (Å²) in [5.41, 5.74) is 2.05. The van der Waals surface area contributed by atoms with Crippen molar-refractivity contribution >= 4 is 5.82 Å². The van der Waals surface area contributed by atoms with Gasteiger partial charge in [0, 0.05) is 31.4 Å². The molecule has 0 radical (unpaired) electrons. The van der Waals surface area contributed by atoms with Crippen molar-refractivity contribution in [3.8, 4) is 0 Å². The highest BCUT2D eigenvalue weighted by atomic mass is 16.3. The van der Waals surface area contributed by atoms with Gasteiger partial charge in [0.15, 0.2) is 0 Å². The Morgan fingerprint density at radius 3 is 2.44 bits per heavy atom. The maximum absolute atomic E-state index is 10.6. The van der Waals surface area contributed by atoms with Crippen LogP contribution in [0.1, 0.15) is 11.1 Å². The molecule has 1 aliphatic rings. The Bertz CT molecular complexity index is 683. The zero-order valence-corrected chi connectivity index (χ0v) is 14.3. The first kappa shape index (κ1) is 17.8. The number of nitrogens with zero attached hydrogens (tertiary/aromatic N) is 2. The largest absolute Gasteiger partial charge is 0.395 e. The monoisotopic (exact) mass is 343 g/mol. The fourth-order valence-electron chi connectivity index (χ4n) is 3.62. The van der Waals surface area contributed by atoms with Crippen LogP contribution in [-0.2, 0) is 13.0 Å². The Labute approximate surface area is 147 Å². The third-order valence-electron chi connectivity index (χ3n) is 4.95. The number of rotatable bonds is 6. The highest BCUT2D eigenvalue weighted by Crippen LogP contribution is 2.30. The highest BCUT2D eigenvalue weighted by Gasteiger charge is 2.47. The molecule has 3 rings (SSSR count). The van der Waals surface area contributed by atoms with Gasteiger partial charge in [-0.05, 0) is 18.1 Å². The van der Waals surface area contributed by atoms with E-state index in [0.29, 0.717) is 13.0 Å². The summed E-state index contributed by atoms with van der Waals surface area (Å²) < 4.78 is 0. The molecular weight excluding hydrogens is 318 g/mol. The Morgan fingerprint density at radius 2 is 1.76 bits per heavy atom. The summed E-state index contributed by atoms with van der Waals surface area (Å²) in [6.07, 6.45) is 0.430. The summed E-state index contributed by atoms with van der Waals surface area (Å²) in [6, 6.07) is 12.9. The van der Waals surface area contributed by atoms with E-state index in [1.165, 1.54) is 0 Å². The quantitative estimate of drug-likeness (QED) is 0.615. The Hall–Kier alpha value is -1.99. The van der Waals surface area contributed by atoms with Gasteiger partial charge in [0.25, 0.3) is 0 Å². The average Bonchev–Trinajstić information content (AvgIpc) is 2.87. The molecule has 1 aromatic heterocycles. The summed E-state index contributed by atoms with van der Waals surface area (Å²) in [6.45, 7) is 0.277. The predicted octanol–water partition coefficient (Wildman–Crippen LogP) is 0.633. The topological polar surface area (TPSA) is 88.9 Å². The van der Waals surface area contributed by atoms with Crippen molar-refractivity contribution in [1.82, 2.24) is 9.88 Å². The van der Waals surface area contributed by atoms with E-state index in [1.54, 1.807) is 6.20 Å². The van der Waals surface area contributed by atoms with Crippen LogP contribution in [0.2, 0.25) is 0 Å². The van der Waals surface area contributed by atoms with Crippen LogP contribution in [0, 0.1) is 0 Å². The molecule has 1 saturated heterocycles. The van der Waals surface area contributed by atoms with E-state index in [9.17, 15) is 15.3 Å². The molecule has 0 unspecified atom stereocenters. The standard InChI is InChI=1S/C19H25N3O3/c1-20-19-14(8-5-9-21-19)11-22-15(10-13-6-3-2-4-7-13)17(24)18(25)16(22)12-23/h2-9,15-18,23-25H,10-12H2,1H3,(H,20,21)/t15-,16+,17-,18+/m0/s1. The molecule has 1 aromatic carbocycles. The molecule has 4 atom stereocenters. The lowest BCUT2D eigenvalue weighted by Crippen LogP contribution is -2.42. The molecule has 4 N–H and O–H groups in total. The molecule has 1 aliphatic heterocycles. The fourth-order valence-corrected chi connectivity index (χ4v) is 3.62. The van der Waals surface area contributed by atoms with Crippen molar-refractivity contribution in [2.45, 2.75) is 37.3 Å². The van der Waals surface area contributed by atoms with Gasteiger partial charge >= 0.3 is 0 Å². The van der Waals surface area contributed by atoms with E-state index in [0.717, 1.165) is 16.9 Å². The molecule has 6 heteroatoms. The SMILES string of the molecule is CNc1ncccc1CN1[C@H](CO)[C@@H](O)[C@@H](O)[C@@H]1Cc1ccccc1. The van der Waals surface area contributed by atoms with Crippen molar-refractivity contribution in [3.63, 3.8) is 0 Å². The van der Waals surface area contributed by atoms with Crippen molar-refractivity contribution in [2.75, 3.05) is 19.0 Å². The van der Waals surface area contributed by atoms with Gasteiger partial charge in [-0.2, -0.15) is 0 Å². The molecule has 0 aliphatic carbocycles. The van der Waals surface area contributed by atoms with Gasteiger partial charge in [0.05, 0.1) is 24.9 Å². The summed E-state index contributed by atoms with van der Waals surface area (Å²) >= 11 is 0. The van der Waals surface area contributed by atoms with Gasteiger partial charge in [-0.15, -0.1) is 0 Å². The third kappa shape index (κ3) is 3.67. The molecule has 0 amide bonds. The molecule has 0 spiro atoms. The van der Waals surface area contributed by atoms with Gasteiger partial charge in [0.1, 0.15) is 5.82 Å². The number of hydrogen-bond acceptors (Lipinski definition) is 6. The van der Waals surface area contributed by atoms with Crippen molar-refractivity contribution in [3.05, 3.63) is 59.8 Å². The fraction of sp³-hybridized carbons (Fsp3) is 0.421. The number of nitrogens with one attached hydrogen (secondary N) is 1. The van der Waals surface area contributed by atoms with E-state index >= 15 is 0 Å². The number of anilines is 1. The first-order valence-electron chi connectivity index (χ1n) is 8.54. The average molecular weight is 343 g/mol. The van der Waals surface area contributed by atoms with Crippen LogP contribution in [0.25, 0.3) is 0 Å². The molecule has 0 saturated carbocycles. The Morgan fingerprint density at radius 1 is 1.04 bits per heavy atom.